The van der Waals surface area contributed by atoms with Crippen LogP contribution in [0.2, 0.25) is 0 Å². The molecule has 2 heterocycles. The first kappa shape index (κ1) is 15.7. The fourth-order valence-electron chi connectivity index (χ4n) is 2.29. The highest BCUT2D eigenvalue weighted by Crippen LogP contribution is 2.28. The van der Waals surface area contributed by atoms with Gasteiger partial charge in [0.25, 0.3) is 0 Å². The number of anilines is 2. The Labute approximate surface area is 126 Å². The van der Waals surface area contributed by atoms with Crippen molar-refractivity contribution in [3.05, 3.63) is 16.4 Å². The van der Waals surface area contributed by atoms with Gasteiger partial charge in [-0.2, -0.15) is 0 Å². The van der Waals surface area contributed by atoms with Gasteiger partial charge in [0, 0.05) is 19.1 Å². The second-order valence-electron chi connectivity index (χ2n) is 4.82. The van der Waals surface area contributed by atoms with Gasteiger partial charge in [0.1, 0.15) is 6.33 Å². The van der Waals surface area contributed by atoms with E-state index in [2.05, 4.69) is 15.3 Å². The zero-order chi connectivity index (χ0) is 16.1. The zero-order valence-electron chi connectivity index (χ0n) is 12.2. The highest BCUT2D eigenvalue weighted by atomic mass is 16.6. The molecular weight excluding hydrogens is 292 g/mol. The lowest BCUT2D eigenvalue weighted by Gasteiger charge is -2.31. The molecule has 0 atom stereocenters. The lowest BCUT2D eigenvalue weighted by molar-refractivity contribution is -0.383. The van der Waals surface area contributed by atoms with Gasteiger partial charge in [-0.3, -0.25) is 10.1 Å². The molecule has 2 rings (SSSR count). The largest absolute Gasteiger partial charge is 0.450 e. The van der Waals surface area contributed by atoms with E-state index in [0.29, 0.717) is 32.5 Å². The maximum absolute atomic E-state index is 11.6. The molecule has 1 saturated heterocycles. The van der Waals surface area contributed by atoms with E-state index in [1.165, 1.54) is 6.33 Å². The van der Waals surface area contributed by atoms with Gasteiger partial charge in [-0.1, -0.05) is 0 Å². The Balaban J connectivity index is 1.98. The monoisotopic (exact) mass is 310 g/mol. The summed E-state index contributed by atoms with van der Waals surface area (Å²) in [5.41, 5.74) is 5.20. The number of nitrogen functional groups attached to an aromatic ring is 1. The Morgan fingerprint density at radius 2 is 2.23 bits per heavy atom. The molecule has 0 radical (unpaired) electrons. The van der Waals surface area contributed by atoms with Crippen LogP contribution < -0.4 is 11.1 Å². The third-order valence-electron chi connectivity index (χ3n) is 3.39. The van der Waals surface area contributed by atoms with Crippen LogP contribution in [0.15, 0.2) is 6.33 Å². The second kappa shape index (κ2) is 6.87. The molecule has 0 saturated carbocycles. The molecule has 120 valence electrons. The summed E-state index contributed by atoms with van der Waals surface area (Å²) >= 11 is 0. The van der Waals surface area contributed by atoms with Gasteiger partial charge in [-0.25, -0.2) is 14.8 Å². The number of nitrogens with zero attached hydrogens (tertiary/aromatic N) is 4. The molecule has 10 nitrogen and oxygen atoms in total. The standard InChI is InChI=1S/C12H18N6O4/c1-2-22-12(19)17-5-3-8(4-6-17)16-11-9(18(20)21)10(13)14-7-15-11/h7-8H,2-6H2,1H3,(H3,13,14,15,16). The lowest BCUT2D eigenvalue weighted by atomic mass is 10.1. The van der Waals surface area contributed by atoms with Crippen LogP contribution in [-0.2, 0) is 4.74 Å². The molecule has 3 N–H and O–H groups in total. The summed E-state index contributed by atoms with van der Waals surface area (Å²) in [6.45, 7) is 3.13. The molecule has 1 fully saturated rings. The molecule has 22 heavy (non-hydrogen) atoms. The van der Waals surface area contributed by atoms with Gasteiger partial charge in [-0.15, -0.1) is 0 Å². The van der Waals surface area contributed by atoms with Crippen LogP contribution in [0.4, 0.5) is 22.1 Å². The van der Waals surface area contributed by atoms with Gasteiger partial charge < -0.3 is 20.7 Å². The fraction of sp³-hybridized carbons (Fsp3) is 0.583. The van der Waals surface area contributed by atoms with Crippen LogP contribution in [0, 0.1) is 10.1 Å². The normalized spacial score (nSPS) is 15.4. The number of nitrogens with one attached hydrogen (secondary N) is 1. The molecule has 0 bridgehead atoms. The summed E-state index contributed by atoms with van der Waals surface area (Å²) in [6.07, 6.45) is 2.12. The van der Waals surface area contributed by atoms with Crippen molar-refractivity contribution in [1.82, 2.24) is 14.9 Å². The summed E-state index contributed by atoms with van der Waals surface area (Å²) in [5.74, 6) is -0.0708. The van der Waals surface area contributed by atoms with Crippen LogP contribution in [0.5, 0.6) is 0 Å². The number of ether oxygens (including phenoxy) is 1. The number of piperidine rings is 1. The summed E-state index contributed by atoms with van der Waals surface area (Å²) in [5, 5.41) is 14.0. The van der Waals surface area contributed by atoms with Crippen molar-refractivity contribution in [3.8, 4) is 0 Å². The number of hydrogen-bond acceptors (Lipinski definition) is 8. The molecule has 1 amide bonds. The molecule has 10 heteroatoms. The molecule has 0 spiro atoms. The minimum absolute atomic E-state index is 0.0290. The molecule has 1 aromatic heterocycles. The maximum atomic E-state index is 11.6. The van der Waals surface area contributed by atoms with Crippen LogP contribution in [-0.4, -0.2) is 51.6 Å². The maximum Gasteiger partial charge on any atom is 0.409 e. The van der Waals surface area contributed by atoms with Gasteiger partial charge >= 0.3 is 11.8 Å². The summed E-state index contributed by atoms with van der Waals surface area (Å²) < 4.78 is 4.94. The lowest BCUT2D eigenvalue weighted by Crippen LogP contribution is -2.42. The third kappa shape index (κ3) is 3.51. The highest BCUT2D eigenvalue weighted by molar-refractivity contribution is 5.68. The van der Waals surface area contributed by atoms with E-state index >= 15 is 0 Å². The van der Waals surface area contributed by atoms with Crippen LogP contribution in [0.1, 0.15) is 19.8 Å². The number of nitrogens with two attached hydrogens (primary N) is 1. The first-order valence-corrected chi connectivity index (χ1v) is 6.96. The molecule has 0 unspecified atom stereocenters. The Hall–Kier alpha value is -2.65. The molecular formula is C12H18N6O4. The Kier molecular flexibility index (Phi) is 4.92. The first-order chi connectivity index (χ1) is 10.5. The van der Waals surface area contributed by atoms with E-state index in [4.69, 9.17) is 10.5 Å². The Morgan fingerprint density at radius 3 is 2.82 bits per heavy atom. The fourth-order valence-corrected chi connectivity index (χ4v) is 2.29. The van der Waals surface area contributed by atoms with Crippen molar-refractivity contribution in [2.24, 2.45) is 0 Å². The van der Waals surface area contributed by atoms with Crippen molar-refractivity contribution in [2.75, 3.05) is 30.7 Å². The number of rotatable bonds is 4. The predicted molar refractivity (Wildman–Crippen MR) is 78.3 cm³/mol. The smallest absolute Gasteiger partial charge is 0.409 e. The Bertz CT molecular complexity index is 559. The van der Waals surface area contributed by atoms with E-state index in [1.807, 2.05) is 0 Å². The highest BCUT2D eigenvalue weighted by Gasteiger charge is 2.27. The van der Waals surface area contributed by atoms with E-state index < -0.39 is 4.92 Å². The summed E-state index contributed by atoms with van der Waals surface area (Å²) in [6, 6.07) is -0.0290. The summed E-state index contributed by atoms with van der Waals surface area (Å²) in [7, 11) is 0. The second-order valence-corrected chi connectivity index (χ2v) is 4.82. The van der Waals surface area contributed by atoms with Crippen molar-refractivity contribution < 1.29 is 14.5 Å². The average Bonchev–Trinajstić information content (AvgIpc) is 2.48. The molecule has 0 aliphatic carbocycles. The summed E-state index contributed by atoms with van der Waals surface area (Å²) in [4.78, 5) is 31.2. The quantitative estimate of drug-likeness (QED) is 0.620. The van der Waals surface area contributed by atoms with Crippen molar-refractivity contribution in [1.29, 1.82) is 0 Å². The van der Waals surface area contributed by atoms with Gasteiger partial charge in [-0.05, 0) is 19.8 Å². The first-order valence-electron chi connectivity index (χ1n) is 6.96. The third-order valence-corrected chi connectivity index (χ3v) is 3.39. The minimum atomic E-state index is -0.606. The zero-order valence-corrected chi connectivity index (χ0v) is 12.2. The van der Waals surface area contributed by atoms with Crippen molar-refractivity contribution >= 4 is 23.4 Å². The van der Waals surface area contributed by atoms with Crippen molar-refractivity contribution in [2.45, 2.75) is 25.8 Å². The number of carbonyl (C=O) groups is 1. The van der Waals surface area contributed by atoms with E-state index in [-0.39, 0.29) is 29.5 Å². The number of nitro groups is 1. The van der Waals surface area contributed by atoms with Gasteiger partial charge in [0.15, 0.2) is 0 Å². The predicted octanol–water partition coefficient (Wildman–Crippen LogP) is 1.000. The number of likely N-dealkylation sites (tertiary alicyclic amines) is 1. The number of hydrogen-bond donors (Lipinski definition) is 2. The van der Waals surface area contributed by atoms with Gasteiger partial charge in [0.05, 0.1) is 11.5 Å². The number of amides is 1. The topological polar surface area (TPSA) is 137 Å². The van der Waals surface area contributed by atoms with Gasteiger partial charge in [0.2, 0.25) is 11.6 Å². The Morgan fingerprint density at radius 1 is 1.55 bits per heavy atom. The molecule has 1 aliphatic rings. The van der Waals surface area contributed by atoms with E-state index in [1.54, 1.807) is 11.8 Å². The van der Waals surface area contributed by atoms with Crippen LogP contribution in [0.25, 0.3) is 0 Å². The SMILES string of the molecule is CCOC(=O)N1CCC(Nc2ncnc(N)c2[N+](=O)[O-])CC1. The van der Waals surface area contributed by atoms with E-state index in [0.717, 1.165) is 0 Å². The van der Waals surface area contributed by atoms with Crippen LogP contribution >= 0.6 is 0 Å². The number of aromatic nitrogens is 2. The minimum Gasteiger partial charge on any atom is -0.450 e. The van der Waals surface area contributed by atoms with Crippen molar-refractivity contribution in [3.63, 3.8) is 0 Å². The number of carbonyl (C=O) groups excluding carboxylic acids is 1. The van der Waals surface area contributed by atoms with Crippen LogP contribution in [0.3, 0.4) is 0 Å². The molecule has 1 aromatic rings. The molecule has 1 aliphatic heterocycles. The average molecular weight is 310 g/mol. The molecule has 0 aromatic carbocycles. The van der Waals surface area contributed by atoms with E-state index in [9.17, 15) is 14.9 Å².